The van der Waals surface area contributed by atoms with Gasteiger partial charge in [0.25, 0.3) is 0 Å². The van der Waals surface area contributed by atoms with E-state index in [1.807, 2.05) is 0 Å². The summed E-state index contributed by atoms with van der Waals surface area (Å²) in [7, 11) is 2.16. The molecule has 1 aromatic heterocycles. The van der Waals surface area contributed by atoms with Crippen molar-refractivity contribution in [2.45, 2.75) is 45.2 Å². The molecule has 224 valence electrons. The van der Waals surface area contributed by atoms with Crippen LogP contribution in [0.2, 0.25) is 0 Å². The first-order valence-corrected chi connectivity index (χ1v) is 15.4. The van der Waals surface area contributed by atoms with E-state index in [0.717, 1.165) is 49.6 Å². The number of benzene rings is 2. The van der Waals surface area contributed by atoms with Crippen LogP contribution in [-0.4, -0.2) is 84.6 Å². The molecule has 2 fully saturated rings. The van der Waals surface area contributed by atoms with E-state index < -0.39 is 0 Å². The fraction of sp³-hybridized carbons (Fsp3) is 0.471. The van der Waals surface area contributed by atoms with E-state index in [9.17, 15) is 10.1 Å². The number of ether oxygens (including phenoxy) is 1. The number of hydrogen-bond acceptors (Lipinski definition) is 8. The van der Waals surface area contributed by atoms with E-state index in [0.29, 0.717) is 44.7 Å². The Morgan fingerprint density at radius 3 is 2.74 bits per heavy atom. The number of nitriles is 1. The summed E-state index contributed by atoms with van der Waals surface area (Å²) in [5, 5.41) is 12.1. The molecule has 1 amide bonds. The predicted octanol–water partition coefficient (Wildman–Crippen LogP) is 4.34. The molecule has 0 bridgehead atoms. The normalized spacial score (nSPS) is 20.9. The second-order valence-corrected chi connectivity index (χ2v) is 12.2. The summed E-state index contributed by atoms with van der Waals surface area (Å²) in [5.41, 5.74) is 4.61. The highest BCUT2D eigenvalue weighted by Crippen LogP contribution is 2.36. The van der Waals surface area contributed by atoms with Crippen LogP contribution in [0.25, 0.3) is 10.8 Å². The van der Waals surface area contributed by atoms with Gasteiger partial charge in [0.2, 0.25) is 5.91 Å². The molecule has 4 heterocycles. The number of nitrogens with zero attached hydrogens (tertiary/aromatic N) is 7. The summed E-state index contributed by atoms with van der Waals surface area (Å²) >= 11 is 0. The average Bonchev–Trinajstić information content (AvgIpc) is 3.03. The lowest BCUT2D eigenvalue weighted by Crippen LogP contribution is -2.55. The quantitative estimate of drug-likeness (QED) is 0.382. The molecule has 0 N–H and O–H groups in total. The Kier molecular flexibility index (Phi) is 8.48. The van der Waals surface area contributed by atoms with E-state index in [2.05, 4.69) is 77.7 Å². The number of piperazine rings is 1. The molecular weight excluding hydrogens is 538 g/mol. The number of carbonyl (C=O) groups is 1. The van der Waals surface area contributed by atoms with Crippen LogP contribution in [0.15, 0.2) is 49.1 Å². The van der Waals surface area contributed by atoms with Gasteiger partial charge in [0.15, 0.2) is 0 Å². The number of amides is 1. The third kappa shape index (κ3) is 6.02. The van der Waals surface area contributed by atoms with Gasteiger partial charge in [0.1, 0.15) is 5.82 Å². The molecule has 3 aliphatic rings. The highest BCUT2D eigenvalue weighted by Gasteiger charge is 2.33. The van der Waals surface area contributed by atoms with Gasteiger partial charge in [-0.1, -0.05) is 36.9 Å². The first kappa shape index (κ1) is 28.9. The van der Waals surface area contributed by atoms with E-state index in [-0.39, 0.29) is 18.4 Å². The van der Waals surface area contributed by atoms with Gasteiger partial charge in [-0.25, -0.2) is 0 Å². The number of carbonyl (C=O) groups excluding carboxylic acids is 1. The standard InChI is InChI=1S/C34H41N7O2/c1-4-31(42)41-19-18-40(21-27(41)13-15-35)33-28-14-17-39(30-12-6-11-26-10-5-8-24(2)32(26)30)22-29(28)36-34(37-33)43-23-25-9-7-16-38(3)20-25/h4-6,8,10-12,25,27H,1,7,9,13-14,16-23H2,2-3H3/t25?,27-/m0/s1. The number of likely N-dealkylation sites (tertiary alicyclic amines) is 1. The Morgan fingerprint density at radius 2 is 1.95 bits per heavy atom. The van der Waals surface area contributed by atoms with E-state index in [1.165, 1.54) is 34.5 Å². The second kappa shape index (κ2) is 12.6. The van der Waals surface area contributed by atoms with Crippen LogP contribution < -0.4 is 14.5 Å². The van der Waals surface area contributed by atoms with Crippen LogP contribution in [0.1, 0.15) is 36.1 Å². The molecule has 3 aliphatic heterocycles. The Bertz CT molecular complexity index is 1540. The minimum atomic E-state index is -0.226. The molecule has 3 aromatic rings. The van der Waals surface area contributed by atoms with Crippen LogP contribution in [0.5, 0.6) is 6.01 Å². The van der Waals surface area contributed by atoms with E-state index in [4.69, 9.17) is 14.7 Å². The van der Waals surface area contributed by atoms with Gasteiger partial charge in [-0.05, 0) is 62.9 Å². The zero-order valence-corrected chi connectivity index (χ0v) is 25.3. The summed E-state index contributed by atoms with van der Waals surface area (Å²) in [6.45, 7) is 11.8. The molecule has 43 heavy (non-hydrogen) atoms. The summed E-state index contributed by atoms with van der Waals surface area (Å²) < 4.78 is 6.35. The Labute approximate surface area is 254 Å². The van der Waals surface area contributed by atoms with Crippen molar-refractivity contribution >= 4 is 28.2 Å². The molecule has 0 aliphatic carbocycles. The van der Waals surface area contributed by atoms with Crippen molar-refractivity contribution in [1.82, 2.24) is 19.8 Å². The highest BCUT2D eigenvalue weighted by molar-refractivity contribution is 5.97. The Morgan fingerprint density at radius 1 is 1.12 bits per heavy atom. The molecule has 0 radical (unpaired) electrons. The first-order valence-electron chi connectivity index (χ1n) is 15.4. The van der Waals surface area contributed by atoms with Crippen LogP contribution >= 0.6 is 0 Å². The average molecular weight is 580 g/mol. The number of rotatable bonds is 7. The van der Waals surface area contributed by atoms with Crippen molar-refractivity contribution in [2.24, 2.45) is 5.92 Å². The number of anilines is 2. The molecule has 0 saturated carbocycles. The second-order valence-electron chi connectivity index (χ2n) is 12.2. The maximum absolute atomic E-state index is 12.6. The van der Waals surface area contributed by atoms with Gasteiger partial charge in [0, 0.05) is 55.3 Å². The van der Waals surface area contributed by atoms with Gasteiger partial charge < -0.3 is 24.3 Å². The van der Waals surface area contributed by atoms with Crippen molar-refractivity contribution in [1.29, 1.82) is 5.26 Å². The summed E-state index contributed by atoms with van der Waals surface area (Å²) in [5.74, 6) is 1.20. The molecule has 9 heteroatoms. The maximum Gasteiger partial charge on any atom is 0.318 e. The first-order chi connectivity index (χ1) is 20.9. The minimum absolute atomic E-state index is 0.132. The predicted molar refractivity (Wildman–Crippen MR) is 169 cm³/mol. The minimum Gasteiger partial charge on any atom is -0.463 e. The number of aryl methyl sites for hydroxylation is 1. The third-order valence-electron chi connectivity index (χ3n) is 9.19. The summed E-state index contributed by atoms with van der Waals surface area (Å²) in [6.07, 6.45) is 4.72. The third-order valence-corrected chi connectivity index (χ3v) is 9.19. The van der Waals surface area contributed by atoms with Crippen LogP contribution in [-0.2, 0) is 17.8 Å². The molecule has 0 spiro atoms. The number of aromatic nitrogens is 2. The van der Waals surface area contributed by atoms with Gasteiger partial charge >= 0.3 is 6.01 Å². The molecular formula is C34H41N7O2. The van der Waals surface area contributed by atoms with Crippen molar-refractivity contribution < 1.29 is 9.53 Å². The van der Waals surface area contributed by atoms with Crippen LogP contribution in [0.3, 0.4) is 0 Å². The Balaban J connectivity index is 1.33. The Hall–Kier alpha value is -4.16. The van der Waals surface area contributed by atoms with E-state index >= 15 is 0 Å². The van der Waals surface area contributed by atoms with Gasteiger partial charge in [-0.2, -0.15) is 15.2 Å². The molecule has 9 nitrogen and oxygen atoms in total. The van der Waals surface area contributed by atoms with Gasteiger partial charge in [0.05, 0.1) is 37.4 Å². The maximum atomic E-state index is 12.6. The van der Waals surface area contributed by atoms with Crippen LogP contribution in [0.4, 0.5) is 11.5 Å². The SMILES string of the molecule is C=CC(=O)N1CCN(c2nc(OCC3CCCN(C)C3)nc3c2CCN(c2cccc4cccc(C)c24)C3)C[C@@H]1CC#N. The van der Waals surface area contributed by atoms with Crippen molar-refractivity contribution in [3.05, 3.63) is 65.9 Å². The van der Waals surface area contributed by atoms with Crippen molar-refractivity contribution in [3.63, 3.8) is 0 Å². The molecule has 2 aromatic carbocycles. The highest BCUT2D eigenvalue weighted by atomic mass is 16.5. The number of fused-ring (bicyclic) bond motifs is 2. The smallest absolute Gasteiger partial charge is 0.318 e. The molecule has 2 atom stereocenters. The lowest BCUT2D eigenvalue weighted by Gasteiger charge is -2.42. The number of piperidine rings is 1. The lowest BCUT2D eigenvalue weighted by atomic mass is 9.99. The number of hydrogen-bond donors (Lipinski definition) is 0. The topological polar surface area (TPSA) is 88.8 Å². The lowest BCUT2D eigenvalue weighted by molar-refractivity contribution is -0.128. The van der Waals surface area contributed by atoms with E-state index in [1.54, 1.807) is 4.90 Å². The fourth-order valence-corrected chi connectivity index (χ4v) is 7.03. The summed E-state index contributed by atoms with van der Waals surface area (Å²) in [6, 6.07) is 15.4. The fourth-order valence-electron chi connectivity index (χ4n) is 7.03. The largest absolute Gasteiger partial charge is 0.463 e. The monoisotopic (exact) mass is 579 g/mol. The van der Waals surface area contributed by atoms with Crippen molar-refractivity contribution in [3.8, 4) is 12.1 Å². The van der Waals surface area contributed by atoms with Gasteiger partial charge in [-0.15, -0.1) is 0 Å². The van der Waals surface area contributed by atoms with Gasteiger partial charge in [-0.3, -0.25) is 4.79 Å². The molecule has 6 rings (SSSR count). The molecule has 1 unspecified atom stereocenters. The van der Waals surface area contributed by atoms with Crippen LogP contribution in [0, 0.1) is 24.2 Å². The summed E-state index contributed by atoms with van der Waals surface area (Å²) in [4.78, 5) is 31.4. The van der Waals surface area contributed by atoms with Crippen molar-refractivity contribution in [2.75, 3.05) is 62.7 Å². The molecule has 2 saturated heterocycles. The zero-order chi connectivity index (χ0) is 29.9. The zero-order valence-electron chi connectivity index (χ0n) is 25.3.